The van der Waals surface area contributed by atoms with Gasteiger partial charge in [0.2, 0.25) is 0 Å². The summed E-state index contributed by atoms with van der Waals surface area (Å²) in [5.74, 6) is 0.148. The summed E-state index contributed by atoms with van der Waals surface area (Å²) in [6, 6.07) is 5.74. The fraction of sp³-hybridized carbons (Fsp3) is 0.667. The first-order valence-corrected chi connectivity index (χ1v) is 11.3. The van der Waals surface area contributed by atoms with Crippen LogP contribution in [0.15, 0.2) is 24.3 Å². The molecule has 0 aliphatic carbocycles. The van der Waals surface area contributed by atoms with E-state index in [0.29, 0.717) is 6.73 Å². The van der Waals surface area contributed by atoms with Crippen LogP contribution < -0.4 is 0 Å². The molecular formula is C18H28F3NOSi. The van der Waals surface area contributed by atoms with Crippen LogP contribution in [0.3, 0.4) is 0 Å². The molecule has 1 fully saturated rings. The van der Waals surface area contributed by atoms with E-state index in [1.807, 2.05) is 0 Å². The van der Waals surface area contributed by atoms with E-state index < -0.39 is 20.1 Å². The standard InChI is InChI=1S/C18H28F3NOSi/c1-17(2,3)24(4,5)23-13-22-10-9-15(12-22)14-7-6-8-16(11-14)18(19,20)21/h6-8,11,15H,9-10,12-13H2,1-5H3. The minimum Gasteiger partial charge on any atom is -0.404 e. The van der Waals surface area contributed by atoms with Crippen molar-refractivity contribution in [3.63, 3.8) is 0 Å². The number of benzene rings is 1. The third kappa shape index (κ3) is 4.61. The molecule has 1 aliphatic heterocycles. The van der Waals surface area contributed by atoms with Gasteiger partial charge in [-0.25, -0.2) is 0 Å². The van der Waals surface area contributed by atoms with Crippen molar-refractivity contribution in [2.45, 2.75) is 57.4 Å². The van der Waals surface area contributed by atoms with E-state index in [9.17, 15) is 13.2 Å². The molecule has 1 unspecified atom stereocenters. The Hall–Kier alpha value is -0.853. The maximum Gasteiger partial charge on any atom is 0.416 e. The molecule has 1 heterocycles. The van der Waals surface area contributed by atoms with E-state index in [-0.39, 0.29) is 11.0 Å². The molecule has 1 saturated heterocycles. The van der Waals surface area contributed by atoms with Crippen LogP contribution in [0.5, 0.6) is 0 Å². The van der Waals surface area contributed by atoms with Crippen molar-refractivity contribution in [1.82, 2.24) is 4.90 Å². The Kier molecular flexibility index (Phi) is 5.52. The normalized spacial score (nSPS) is 20.6. The Bertz CT molecular complexity index is 566. The van der Waals surface area contributed by atoms with E-state index in [1.54, 1.807) is 6.07 Å². The Morgan fingerprint density at radius 2 is 1.88 bits per heavy atom. The zero-order valence-corrected chi connectivity index (χ0v) is 16.2. The van der Waals surface area contributed by atoms with E-state index >= 15 is 0 Å². The quantitative estimate of drug-likeness (QED) is 0.661. The molecule has 0 radical (unpaired) electrons. The summed E-state index contributed by atoms with van der Waals surface area (Å²) in [6.07, 6.45) is -3.40. The average Bonchev–Trinajstić information content (AvgIpc) is 2.92. The van der Waals surface area contributed by atoms with Gasteiger partial charge in [0.05, 0.1) is 12.3 Å². The lowest BCUT2D eigenvalue weighted by Gasteiger charge is -2.37. The molecule has 2 nitrogen and oxygen atoms in total. The van der Waals surface area contributed by atoms with Gasteiger partial charge >= 0.3 is 6.18 Å². The van der Waals surface area contributed by atoms with Crippen LogP contribution in [-0.2, 0) is 10.6 Å². The SMILES string of the molecule is CC(C)(C)[Si](C)(C)OCN1CCC(c2cccc(C(F)(F)F)c2)C1. The monoisotopic (exact) mass is 359 g/mol. The largest absolute Gasteiger partial charge is 0.416 e. The fourth-order valence-corrected chi connectivity index (χ4v) is 3.60. The topological polar surface area (TPSA) is 12.5 Å². The Morgan fingerprint density at radius 3 is 2.46 bits per heavy atom. The fourth-order valence-electron chi connectivity index (χ4n) is 2.66. The smallest absolute Gasteiger partial charge is 0.404 e. The first-order chi connectivity index (χ1) is 10.9. The number of hydrogen-bond acceptors (Lipinski definition) is 2. The minimum absolute atomic E-state index is 0.148. The number of hydrogen-bond donors (Lipinski definition) is 0. The molecule has 136 valence electrons. The number of nitrogens with zero attached hydrogens (tertiary/aromatic N) is 1. The molecule has 0 saturated carbocycles. The first kappa shape index (κ1) is 19.5. The van der Waals surface area contributed by atoms with Crippen molar-refractivity contribution >= 4 is 8.32 Å². The highest BCUT2D eigenvalue weighted by atomic mass is 28.4. The van der Waals surface area contributed by atoms with Gasteiger partial charge in [-0.05, 0) is 42.1 Å². The van der Waals surface area contributed by atoms with Crippen molar-refractivity contribution in [3.8, 4) is 0 Å². The van der Waals surface area contributed by atoms with Crippen molar-refractivity contribution < 1.29 is 17.6 Å². The predicted octanol–water partition coefficient (Wildman–Crippen LogP) is 5.47. The lowest BCUT2D eigenvalue weighted by molar-refractivity contribution is -0.137. The molecule has 0 aromatic heterocycles. The minimum atomic E-state index is -4.28. The van der Waals surface area contributed by atoms with E-state index in [0.717, 1.165) is 31.1 Å². The van der Waals surface area contributed by atoms with Gasteiger partial charge in [0, 0.05) is 13.1 Å². The summed E-state index contributed by atoms with van der Waals surface area (Å²) in [6.45, 7) is 13.2. The highest BCUT2D eigenvalue weighted by Gasteiger charge is 2.38. The van der Waals surface area contributed by atoms with Crippen LogP contribution in [0, 0.1) is 0 Å². The molecule has 0 amide bonds. The van der Waals surface area contributed by atoms with Gasteiger partial charge in [0.15, 0.2) is 8.32 Å². The summed E-state index contributed by atoms with van der Waals surface area (Å²) < 4.78 is 44.8. The van der Waals surface area contributed by atoms with Gasteiger partial charge in [-0.15, -0.1) is 0 Å². The highest BCUT2D eigenvalue weighted by Crippen LogP contribution is 2.37. The summed E-state index contributed by atoms with van der Waals surface area (Å²) in [5, 5.41) is 0.160. The van der Waals surface area contributed by atoms with E-state index in [1.165, 1.54) is 12.1 Å². The summed E-state index contributed by atoms with van der Waals surface area (Å²) in [7, 11) is -1.80. The van der Waals surface area contributed by atoms with Crippen LogP contribution in [-0.4, -0.2) is 33.0 Å². The molecule has 1 aromatic carbocycles. The van der Waals surface area contributed by atoms with E-state index in [4.69, 9.17) is 4.43 Å². The van der Waals surface area contributed by atoms with Crippen molar-refractivity contribution in [2.24, 2.45) is 0 Å². The zero-order chi connectivity index (χ0) is 18.2. The third-order valence-corrected chi connectivity index (χ3v) is 9.84. The Morgan fingerprint density at radius 1 is 1.21 bits per heavy atom. The summed E-state index contributed by atoms with van der Waals surface area (Å²) in [4.78, 5) is 2.21. The van der Waals surface area contributed by atoms with Gasteiger partial charge in [-0.3, -0.25) is 4.90 Å². The average molecular weight is 360 g/mol. The summed E-state index contributed by atoms with van der Waals surface area (Å²) >= 11 is 0. The molecule has 0 bridgehead atoms. The second-order valence-corrected chi connectivity index (χ2v) is 13.0. The van der Waals surface area contributed by atoms with Crippen LogP contribution in [0.4, 0.5) is 13.2 Å². The third-order valence-electron chi connectivity index (χ3n) is 5.37. The highest BCUT2D eigenvalue weighted by molar-refractivity contribution is 6.74. The van der Waals surface area contributed by atoms with Gasteiger partial charge in [-0.1, -0.05) is 39.0 Å². The van der Waals surface area contributed by atoms with Crippen LogP contribution in [0.1, 0.15) is 44.2 Å². The summed E-state index contributed by atoms with van der Waals surface area (Å²) in [5.41, 5.74) is 0.218. The van der Waals surface area contributed by atoms with Crippen molar-refractivity contribution in [3.05, 3.63) is 35.4 Å². The Balaban J connectivity index is 1.97. The molecular weight excluding hydrogens is 331 g/mol. The predicted molar refractivity (Wildman–Crippen MR) is 93.5 cm³/mol. The number of alkyl halides is 3. The second-order valence-electron chi connectivity index (χ2n) is 8.22. The maximum atomic E-state index is 12.9. The van der Waals surface area contributed by atoms with Crippen LogP contribution in [0.2, 0.25) is 18.1 Å². The first-order valence-electron chi connectivity index (χ1n) is 8.43. The van der Waals surface area contributed by atoms with Gasteiger partial charge in [0.25, 0.3) is 0 Å². The lowest BCUT2D eigenvalue weighted by Crippen LogP contribution is -2.43. The molecule has 0 N–H and O–H groups in total. The van der Waals surface area contributed by atoms with Gasteiger partial charge in [-0.2, -0.15) is 13.2 Å². The van der Waals surface area contributed by atoms with Crippen molar-refractivity contribution in [2.75, 3.05) is 19.8 Å². The number of halogens is 3. The number of rotatable bonds is 4. The molecule has 6 heteroatoms. The lowest BCUT2D eigenvalue weighted by atomic mass is 9.96. The molecule has 24 heavy (non-hydrogen) atoms. The second kappa shape index (κ2) is 6.81. The van der Waals surface area contributed by atoms with Crippen LogP contribution >= 0.6 is 0 Å². The van der Waals surface area contributed by atoms with Crippen LogP contribution in [0.25, 0.3) is 0 Å². The molecule has 1 atom stereocenters. The van der Waals surface area contributed by atoms with E-state index in [2.05, 4.69) is 38.8 Å². The molecule has 0 spiro atoms. The zero-order valence-electron chi connectivity index (χ0n) is 15.2. The number of likely N-dealkylation sites (tertiary alicyclic amines) is 1. The van der Waals surface area contributed by atoms with Gasteiger partial charge in [0.1, 0.15) is 0 Å². The maximum absolute atomic E-state index is 12.9. The molecule has 2 rings (SSSR count). The Labute approximate surface area is 144 Å². The van der Waals surface area contributed by atoms with Gasteiger partial charge < -0.3 is 4.43 Å². The molecule has 1 aliphatic rings. The van der Waals surface area contributed by atoms with Crippen molar-refractivity contribution in [1.29, 1.82) is 0 Å². The molecule has 1 aromatic rings.